The molecule has 0 spiro atoms. The number of hydrogen-bond donors (Lipinski definition) is 2. The van der Waals surface area contributed by atoms with Gasteiger partial charge in [-0.1, -0.05) is 0 Å². The fourth-order valence-electron chi connectivity index (χ4n) is 3.06. The summed E-state index contributed by atoms with van der Waals surface area (Å²) in [5.41, 5.74) is 0. The van der Waals surface area contributed by atoms with Crippen molar-refractivity contribution in [1.82, 2.24) is 10.2 Å². The number of aliphatic carboxylic acids is 1. The van der Waals surface area contributed by atoms with Gasteiger partial charge in [0.25, 0.3) is 0 Å². The molecule has 2 N–H and O–H groups in total. The molecule has 1 amide bonds. The molecule has 0 aliphatic carbocycles. The topological polar surface area (TPSA) is 78.9 Å². The second-order valence-corrected chi connectivity index (χ2v) is 5.89. The Balaban J connectivity index is 1.77. The molecule has 6 nitrogen and oxygen atoms in total. The summed E-state index contributed by atoms with van der Waals surface area (Å²) >= 11 is 0. The summed E-state index contributed by atoms with van der Waals surface area (Å²) in [6, 6.07) is 0. The maximum atomic E-state index is 12.4. The number of carboxylic acid groups (broad SMARTS) is 1. The van der Waals surface area contributed by atoms with Crippen LogP contribution in [-0.4, -0.2) is 60.8 Å². The van der Waals surface area contributed by atoms with E-state index < -0.39 is 5.97 Å². The molecule has 2 saturated heterocycles. The van der Waals surface area contributed by atoms with Gasteiger partial charge in [0.2, 0.25) is 5.91 Å². The number of carbonyl (C=O) groups excluding carboxylic acids is 1. The first-order valence-corrected chi connectivity index (χ1v) is 7.39. The zero-order valence-electron chi connectivity index (χ0n) is 12.0. The van der Waals surface area contributed by atoms with Crippen LogP contribution >= 0.6 is 0 Å². The summed E-state index contributed by atoms with van der Waals surface area (Å²) in [7, 11) is 0. The van der Waals surface area contributed by atoms with Crippen molar-refractivity contribution in [2.24, 2.45) is 11.8 Å². The normalized spacial score (nSPS) is 30.4. The van der Waals surface area contributed by atoms with Crippen molar-refractivity contribution in [3.8, 4) is 0 Å². The van der Waals surface area contributed by atoms with E-state index in [0.29, 0.717) is 19.1 Å². The zero-order chi connectivity index (χ0) is 14.5. The second kappa shape index (κ2) is 7.04. The Hall–Kier alpha value is -1.14. The summed E-state index contributed by atoms with van der Waals surface area (Å²) in [5, 5.41) is 11.5. The molecule has 2 aliphatic rings. The quantitative estimate of drug-likeness (QED) is 0.760. The van der Waals surface area contributed by atoms with Crippen molar-refractivity contribution in [2.75, 3.05) is 32.8 Å². The Kier molecular flexibility index (Phi) is 5.37. The van der Waals surface area contributed by atoms with Gasteiger partial charge < -0.3 is 20.1 Å². The van der Waals surface area contributed by atoms with E-state index in [1.54, 1.807) is 0 Å². The standard InChI is InChI=1S/C14H24N2O4/c1-10-5-12(9-20-10)14(19)16-4-2-3-11(8-16)6-15-7-13(17)18/h10-12,15H,2-9H2,1H3,(H,17,18). The van der Waals surface area contributed by atoms with Crippen LogP contribution in [0, 0.1) is 11.8 Å². The summed E-state index contributed by atoms with van der Waals surface area (Å²) < 4.78 is 5.47. The summed E-state index contributed by atoms with van der Waals surface area (Å²) in [6.45, 7) is 4.74. The highest BCUT2D eigenvalue weighted by atomic mass is 16.5. The van der Waals surface area contributed by atoms with Gasteiger partial charge in [-0.2, -0.15) is 0 Å². The molecule has 2 aliphatic heterocycles. The predicted molar refractivity (Wildman–Crippen MR) is 73.3 cm³/mol. The van der Waals surface area contributed by atoms with Gasteiger partial charge in [-0.3, -0.25) is 9.59 Å². The maximum Gasteiger partial charge on any atom is 0.317 e. The molecular weight excluding hydrogens is 260 g/mol. The number of ether oxygens (including phenoxy) is 1. The summed E-state index contributed by atoms with van der Waals surface area (Å²) in [4.78, 5) is 24.8. The third-order valence-electron chi connectivity index (χ3n) is 4.09. The number of rotatable bonds is 5. The first-order valence-electron chi connectivity index (χ1n) is 7.39. The van der Waals surface area contributed by atoms with Gasteiger partial charge in [-0.25, -0.2) is 0 Å². The average molecular weight is 284 g/mol. The summed E-state index contributed by atoms with van der Waals surface area (Å²) in [5.74, 6) is -0.273. The fourth-order valence-corrected chi connectivity index (χ4v) is 3.06. The molecule has 2 fully saturated rings. The van der Waals surface area contributed by atoms with Crippen molar-refractivity contribution in [2.45, 2.75) is 32.3 Å². The Morgan fingerprint density at radius 1 is 1.45 bits per heavy atom. The van der Waals surface area contributed by atoms with Crippen LogP contribution in [-0.2, 0) is 14.3 Å². The predicted octanol–water partition coefficient (Wildman–Crippen LogP) is 0.324. The van der Waals surface area contributed by atoms with Crippen molar-refractivity contribution in [3.63, 3.8) is 0 Å². The Bertz CT molecular complexity index is 361. The third-order valence-corrected chi connectivity index (χ3v) is 4.09. The number of amides is 1. The molecule has 0 radical (unpaired) electrons. The highest BCUT2D eigenvalue weighted by Crippen LogP contribution is 2.24. The summed E-state index contributed by atoms with van der Waals surface area (Å²) in [6.07, 6.45) is 3.04. The maximum absolute atomic E-state index is 12.4. The van der Waals surface area contributed by atoms with E-state index in [-0.39, 0.29) is 24.5 Å². The van der Waals surface area contributed by atoms with E-state index in [0.717, 1.165) is 32.4 Å². The van der Waals surface area contributed by atoms with Gasteiger partial charge in [0.05, 0.1) is 25.2 Å². The van der Waals surface area contributed by atoms with Crippen LogP contribution in [0.15, 0.2) is 0 Å². The smallest absolute Gasteiger partial charge is 0.317 e. The van der Waals surface area contributed by atoms with Crippen LogP contribution in [0.5, 0.6) is 0 Å². The first-order chi connectivity index (χ1) is 9.56. The van der Waals surface area contributed by atoms with E-state index in [4.69, 9.17) is 9.84 Å². The molecule has 0 aromatic heterocycles. The monoisotopic (exact) mass is 284 g/mol. The highest BCUT2D eigenvalue weighted by molar-refractivity contribution is 5.79. The molecule has 6 heteroatoms. The molecule has 0 saturated carbocycles. The van der Waals surface area contributed by atoms with E-state index >= 15 is 0 Å². The number of carbonyl (C=O) groups is 2. The molecule has 3 atom stereocenters. The fraction of sp³-hybridized carbons (Fsp3) is 0.857. The molecule has 2 heterocycles. The average Bonchev–Trinajstić information content (AvgIpc) is 2.84. The minimum atomic E-state index is -0.842. The Morgan fingerprint density at radius 2 is 2.25 bits per heavy atom. The molecule has 2 rings (SSSR count). The Morgan fingerprint density at radius 3 is 2.90 bits per heavy atom. The van der Waals surface area contributed by atoms with E-state index in [1.807, 2.05) is 11.8 Å². The molecule has 114 valence electrons. The second-order valence-electron chi connectivity index (χ2n) is 5.89. The molecule has 20 heavy (non-hydrogen) atoms. The van der Waals surface area contributed by atoms with Gasteiger partial charge in [0.1, 0.15) is 0 Å². The van der Waals surface area contributed by atoms with Crippen LogP contribution in [0.3, 0.4) is 0 Å². The number of likely N-dealkylation sites (tertiary alicyclic amines) is 1. The SMILES string of the molecule is CC1CC(C(=O)N2CCCC(CNCC(=O)O)C2)CO1. The lowest BCUT2D eigenvalue weighted by Crippen LogP contribution is -2.45. The molecule has 0 aromatic carbocycles. The van der Waals surface area contributed by atoms with E-state index in [9.17, 15) is 9.59 Å². The van der Waals surface area contributed by atoms with Crippen LogP contribution in [0.25, 0.3) is 0 Å². The van der Waals surface area contributed by atoms with Gasteiger partial charge in [-0.05, 0) is 32.1 Å². The molecular formula is C14H24N2O4. The number of nitrogens with one attached hydrogen (secondary N) is 1. The lowest BCUT2D eigenvalue weighted by Gasteiger charge is -2.34. The molecule has 3 unspecified atom stereocenters. The van der Waals surface area contributed by atoms with Gasteiger partial charge >= 0.3 is 5.97 Å². The number of nitrogens with zero attached hydrogens (tertiary/aromatic N) is 1. The van der Waals surface area contributed by atoms with Crippen molar-refractivity contribution in [3.05, 3.63) is 0 Å². The van der Waals surface area contributed by atoms with Gasteiger partial charge in [0, 0.05) is 19.6 Å². The third kappa shape index (κ3) is 4.18. The van der Waals surface area contributed by atoms with E-state index in [1.165, 1.54) is 0 Å². The first kappa shape index (κ1) is 15.3. The van der Waals surface area contributed by atoms with Crippen LogP contribution < -0.4 is 5.32 Å². The largest absolute Gasteiger partial charge is 0.480 e. The highest BCUT2D eigenvalue weighted by Gasteiger charge is 2.33. The van der Waals surface area contributed by atoms with Crippen LogP contribution in [0.1, 0.15) is 26.2 Å². The number of piperidine rings is 1. The van der Waals surface area contributed by atoms with Gasteiger partial charge in [0.15, 0.2) is 0 Å². The lowest BCUT2D eigenvalue weighted by molar-refractivity contribution is -0.138. The van der Waals surface area contributed by atoms with Crippen molar-refractivity contribution < 1.29 is 19.4 Å². The minimum Gasteiger partial charge on any atom is -0.480 e. The van der Waals surface area contributed by atoms with Crippen LogP contribution in [0.4, 0.5) is 0 Å². The van der Waals surface area contributed by atoms with E-state index in [2.05, 4.69) is 5.32 Å². The molecule has 0 bridgehead atoms. The van der Waals surface area contributed by atoms with Crippen LogP contribution in [0.2, 0.25) is 0 Å². The van der Waals surface area contributed by atoms with Crippen molar-refractivity contribution >= 4 is 11.9 Å². The Labute approximate surface area is 119 Å². The lowest BCUT2D eigenvalue weighted by atomic mass is 9.95. The number of carboxylic acids is 1. The van der Waals surface area contributed by atoms with Crippen molar-refractivity contribution in [1.29, 1.82) is 0 Å². The van der Waals surface area contributed by atoms with Gasteiger partial charge in [-0.15, -0.1) is 0 Å². The number of hydrogen-bond acceptors (Lipinski definition) is 4. The molecule has 0 aromatic rings. The zero-order valence-corrected chi connectivity index (χ0v) is 12.0. The minimum absolute atomic E-state index is 0.00993.